The molecule has 46 heavy (non-hydrogen) atoms. The Morgan fingerprint density at radius 2 is 1.85 bits per heavy atom. The molecule has 6 rings (SSSR count). The van der Waals surface area contributed by atoms with Gasteiger partial charge < -0.3 is 29.8 Å². The van der Waals surface area contributed by atoms with Gasteiger partial charge in [0.25, 0.3) is 0 Å². The molecule has 2 aromatic carbocycles. The summed E-state index contributed by atoms with van der Waals surface area (Å²) in [6.07, 6.45) is 0.816. The Morgan fingerprint density at radius 3 is 2.50 bits per heavy atom. The topological polar surface area (TPSA) is 105 Å². The number of hydrogen-bond donors (Lipinski definition) is 3. The van der Waals surface area contributed by atoms with Crippen LogP contribution in [0.15, 0.2) is 47.4 Å². The number of fused-ring (bicyclic) bond motifs is 1. The van der Waals surface area contributed by atoms with E-state index in [0.29, 0.717) is 28.0 Å². The lowest BCUT2D eigenvalue weighted by molar-refractivity contribution is -0.200. The van der Waals surface area contributed by atoms with Gasteiger partial charge in [0.1, 0.15) is 18.9 Å². The molecule has 1 aromatic heterocycles. The number of aliphatic hydroxyl groups is 1. The summed E-state index contributed by atoms with van der Waals surface area (Å²) in [5.74, 6) is 6.02. The third-order valence-electron chi connectivity index (χ3n) is 9.06. The molecule has 0 unspecified atom stereocenters. The van der Waals surface area contributed by atoms with E-state index in [9.17, 15) is 21.6 Å². The number of sulfone groups is 1. The monoisotopic (exact) mass is 660 g/mol. The van der Waals surface area contributed by atoms with Crippen molar-refractivity contribution in [2.75, 3.05) is 63.0 Å². The van der Waals surface area contributed by atoms with Gasteiger partial charge in [-0.25, -0.2) is 8.42 Å². The van der Waals surface area contributed by atoms with Gasteiger partial charge >= 0.3 is 6.18 Å². The summed E-state index contributed by atoms with van der Waals surface area (Å²) < 4.78 is 77.1. The van der Waals surface area contributed by atoms with E-state index in [0.717, 1.165) is 63.9 Å². The van der Waals surface area contributed by atoms with Crippen molar-refractivity contribution >= 4 is 32.1 Å². The maximum absolute atomic E-state index is 13.7. The van der Waals surface area contributed by atoms with Crippen molar-refractivity contribution in [1.29, 1.82) is 0 Å². The molecule has 9 nitrogen and oxygen atoms in total. The lowest BCUT2D eigenvalue weighted by atomic mass is 9.75. The summed E-state index contributed by atoms with van der Waals surface area (Å²) in [6, 6.07) is 12.2. The van der Waals surface area contributed by atoms with E-state index in [-0.39, 0.29) is 42.1 Å². The zero-order valence-corrected chi connectivity index (χ0v) is 26.5. The van der Waals surface area contributed by atoms with Gasteiger partial charge in [-0.1, -0.05) is 12.0 Å². The molecule has 1 saturated carbocycles. The molecule has 3 fully saturated rings. The van der Waals surface area contributed by atoms with Gasteiger partial charge in [-0.2, -0.15) is 13.2 Å². The van der Waals surface area contributed by atoms with E-state index in [4.69, 9.17) is 14.6 Å². The van der Waals surface area contributed by atoms with Crippen molar-refractivity contribution in [3.63, 3.8) is 0 Å². The Balaban J connectivity index is 1.16. The highest BCUT2D eigenvalue weighted by atomic mass is 32.2. The van der Waals surface area contributed by atoms with Gasteiger partial charge in [0, 0.05) is 54.0 Å². The number of anilines is 2. The molecule has 2 saturated heterocycles. The highest BCUT2D eigenvalue weighted by Crippen LogP contribution is 2.41. The van der Waals surface area contributed by atoms with Gasteiger partial charge in [-0.15, -0.1) is 0 Å². The van der Waals surface area contributed by atoms with Crippen LogP contribution in [0.3, 0.4) is 0 Å². The van der Waals surface area contributed by atoms with Crippen molar-refractivity contribution in [2.45, 2.75) is 55.4 Å². The Morgan fingerprint density at radius 1 is 1.09 bits per heavy atom. The van der Waals surface area contributed by atoms with Crippen LogP contribution >= 0.6 is 0 Å². The third-order valence-corrected chi connectivity index (χ3v) is 10.2. The smallest absolute Gasteiger partial charge is 0.406 e. The Labute approximate surface area is 267 Å². The predicted molar refractivity (Wildman–Crippen MR) is 170 cm³/mol. The number of nitrogens with zero attached hydrogens (tertiary/aromatic N) is 2. The first-order valence-electron chi connectivity index (χ1n) is 15.5. The van der Waals surface area contributed by atoms with E-state index >= 15 is 0 Å². The van der Waals surface area contributed by atoms with Gasteiger partial charge in [0.15, 0.2) is 9.84 Å². The van der Waals surface area contributed by atoms with E-state index < -0.39 is 22.6 Å². The Kier molecular flexibility index (Phi) is 9.17. The summed E-state index contributed by atoms with van der Waals surface area (Å²) in [4.78, 5) is 2.63. The highest BCUT2D eigenvalue weighted by molar-refractivity contribution is 7.90. The molecular formula is C33H39F3N4O5S. The number of rotatable bonds is 10. The quantitative estimate of drug-likeness (QED) is 0.274. The molecule has 13 heteroatoms. The maximum Gasteiger partial charge on any atom is 0.406 e. The highest BCUT2D eigenvalue weighted by Gasteiger charge is 2.50. The molecular weight excluding hydrogens is 621 g/mol. The largest absolute Gasteiger partial charge is 0.489 e. The zero-order chi connectivity index (χ0) is 32.5. The molecule has 1 spiro atoms. The number of alkyl halides is 3. The molecule has 0 amide bonds. The second-order valence-corrected chi connectivity index (χ2v) is 14.7. The van der Waals surface area contributed by atoms with Crippen LogP contribution in [0.5, 0.6) is 5.75 Å². The molecule has 3 aromatic rings. The number of nitrogens with one attached hydrogen (secondary N) is 2. The lowest BCUT2D eigenvalue weighted by Gasteiger charge is -2.58. The average Bonchev–Trinajstić information content (AvgIpc) is 3.30. The SMILES string of the molecule is CS(=O)(=O)c1ccc(NCC#Cc2cc3c(NC4CCC(N5CC6(COC6)C5)CC4)cccc3n2CC(F)(F)F)c(OCCO)c1. The summed E-state index contributed by atoms with van der Waals surface area (Å²) in [7, 11) is -3.49. The fourth-order valence-corrected chi connectivity index (χ4v) is 7.38. The second-order valence-electron chi connectivity index (χ2n) is 12.7. The number of aliphatic hydroxyl groups excluding tert-OH is 1. The number of benzene rings is 2. The first kappa shape index (κ1) is 32.5. The minimum absolute atomic E-state index is 0.0438. The molecule has 0 bridgehead atoms. The van der Waals surface area contributed by atoms with Crippen LogP contribution < -0.4 is 15.4 Å². The van der Waals surface area contributed by atoms with E-state index in [2.05, 4.69) is 27.4 Å². The number of halogens is 3. The predicted octanol–water partition coefficient (Wildman–Crippen LogP) is 4.50. The minimum atomic E-state index is -4.44. The van der Waals surface area contributed by atoms with Crippen molar-refractivity contribution < 1.29 is 36.2 Å². The van der Waals surface area contributed by atoms with Gasteiger partial charge in [0.2, 0.25) is 0 Å². The van der Waals surface area contributed by atoms with Crippen LogP contribution in [0, 0.1) is 17.3 Å². The number of likely N-dealkylation sites (tertiary alicyclic amines) is 1. The van der Waals surface area contributed by atoms with Crippen molar-refractivity contribution in [3.8, 4) is 17.6 Å². The Hall–Kier alpha value is -3.44. The van der Waals surface area contributed by atoms with Crippen LogP contribution in [0.4, 0.5) is 24.5 Å². The minimum Gasteiger partial charge on any atom is -0.489 e. The molecule has 1 aliphatic carbocycles. The van der Waals surface area contributed by atoms with E-state index in [1.165, 1.54) is 22.8 Å². The van der Waals surface area contributed by atoms with E-state index in [1.807, 2.05) is 6.07 Å². The molecule has 0 atom stereocenters. The number of hydrogen-bond acceptors (Lipinski definition) is 8. The summed E-state index contributed by atoms with van der Waals surface area (Å²) in [5, 5.41) is 16.5. The van der Waals surface area contributed by atoms with Gasteiger partial charge in [0.05, 0.1) is 48.2 Å². The number of aromatic nitrogens is 1. The van der Waals surface area contributed by atoms with E-state index in [1.54, 1.807) is 18.2 Å². The Bertz CT molecular complexity index is 1730. The summed E-state index contributed by atoms with van der Waals surface area (Å²) in [6.45, 7) is 2.58. The first-order chi connectivity index (χ1) is 21.9. The first-order valence-corrected chi connectivity index (χ1v) is 17.4. The average molecular weight is 661 g/mol. The van der Waals surface area contributed by atoms with Crippen LogP contribution in [-0.2, 0) is 21.1 Å². The van der Waals surface area contributed by atoms with Gasteiger partial charge in [-0.3, -0.25) is 4.90 Å². The van der Waals surface area contributed by atoms with Crippen LogP contribution in [0.2, 0.25) is 0 Å². The molecule has 248 valence electrons. The number of ether oxygens (including phenoxy) is 2. The van der Waals surface area contributed by atoms with Crippen molar-refractivity contribution in [1.82, 2.24) is 9.47 Å². The molecule has 3 N–H and O–H groups in total. The maximum atomic E-state index is 13.7. The van der Waals surface area contributed by atoms with Crippen molar-refractivity contribution in [3.05, 3.63) is 48.2 Å². The normalized spacial score (nSPS) is 21.2. The van der Waals surface area contributed by atoms with Crippen LogP contribution in [0.1, 0.15) is 31.4 Å². The van der Waals surface area contributed by atoms with Gasteiger partial charge in [-0.05, 0) is 61.9 Å². The zero-order valence-electron chi connectivity index (χ0n) is 25.7. The lowest BCUT2D eigenvalue weighted by Crippen LogP contribution is -2.68. The van der Waals surface area contributed by atoms with Crippen molar-refractivity contribution in [2.24, 2.45) is 5.41 Å². The van der Waals surface area contributed by atoms with Crippen LogP contribution in [-0.4, -0.2) is 93.6 Å². The summed E-state index contributed by atoms with van der Waals surface area (Å²) in [5.41, 5.74) is 2.34. The molecule has 2 aliphatic heterocycles. The third kappa shape index (κ3) is 7.25. The molecule has 3 heterocycles. The second kappa shape index (κ2) is 13.0. The molecule has 0 radical (unpaired) electrons. The molecule has 3 aliphatic rings. The fourth-order valence-electron chi connectivity index (χ4n) is 6.74. The van der Waals surface area contributed by atoms with Crippen LogP contribution in [0.25, 0.3) is 10.9 Å². The standard InChI is InChI=1S/C33H39F3N4O5S/c1-46(42,43)26-11-12-29(31(17-26)45-15-14-41)37-13-3-4-25-16-27-28(5-2-6-30(27)40(25)20-33(34,35)36)38-23-7-9-24(10-8-23)39-18-32(19-39)21-44-22-32/h2,5-6,11-12,16-17,23-24,37-38,41H,7-10,13-15,18-22H2,1H3. The summed E-state index contributed by atoms with van der Waals surface area (Å²) >= 11 is 0. The fraction of sp³-hybridized carbons (Fsp3) is 0.515.